The summed E-state index contributed by atoms with van der Waals surface area (Å²) in [6, 6.07) is 5.37. The summed E-state index contributed by atoms with van der Waals surface area (Å²) in [5.41, 5.74) is 1.20. The summed E-state index contributed by atoms with van der Waals surface area (Å²) in [6.07, 6.45) is 2.49. The molecule has 0 bridgehead atoms. The third-order valence-electron chi connectivity index (χ3n) is 3.84. The Labute approximate surface area is 147 Å². The maximum Gasteiger partial charge on any atom is 0.266 e. The number of rotatable bonds is 2. The molecule has 0 fully saturated rings. The first-order valence-electron chi connectivity index (χ1n) is 6.94. The number of nitrogens with zero attached hydrogens (tertiary/aromatic N) is 2. The Morgan fingerprint density at radius 3 is 2.83 bits per heavy atom. The molecule has 1 aliphatic heterocycles. The standard InChI is InChI=1S/C15H13BrClFN2O2S/c1-9-2-3-10-6-11(18)4-5-14(10)20(9)23(21,22)12-7-13(16)15(17)19-8-12/h4-9H,2-3H2,1H3. The highest BCUT2D eigenvalue weighted by atomic mass is 79.9. The fraction of sp³-hybridized carbons (Fsp3) is 0.267. The molecule has 1 unspecified atom stereocenters. The molecule has 23 heavy (non-hydrogen) atoms. The molecule has 1 atom stereocenters. The van der Waals surface area contributed by atoms with Gasteiger partial charge in [0.15, 0.2) is 0 Å². The van der Waals surface area contributed by atoms with E-state index >= 15 is 0 Å². The molecule has 0 spiro atoms. The van der Waals surface area contributed by atoms with Gasteiger partial charge in [-0.05, 0) is 65.5 Å². The van der Waals surface area contributed by atoms with Gasteiger partial charge >= 0.3 is 0 Å². The predicted octanol–water partition coefficient (Wildman–Crippen LogP) is 4.17. The van der Waals surface area contributed by atoms with Crippen LogP contribution in [0.1, 0.15) is 18.9 Å². The van der Waals surface area contributed by atoms with Gasteiger partial charge in [0.2, 0.25) is 0 Å². The SMILES string of the molecule is CC1CCc2cc(F)ccc2N1S(=O)(=O)c1cnc(Cl)c(Br)c1. The van der Waals surface area contributed by atoms with Crippen LogP contribution in [0.2, 0.25) is 5.15 Å². The van der Waals surface area contributed by atoms with Gasteiger partial charge in [0.25, 0.3) is 10.0 Å². The van der Waals surface area contributed by atoms with Crippen LogP contribution in [0.3, 0.4) is 0 Å². The van der Waals surface area contributed by atoms with E-state index in [2.05, 4.69) is 20.9 Å². The van der Waals surface area contributed by atoms with E-state index in [9.17, 15) is 12.8 Å². The van der Waals surface area contributed by atoms with E-state index in [1.165, 1.54) is 34.8 Å². The Bertz CT molecular complexity index is 876. The lowest BCUT2D eigenvalue weighted by molar-refractivity contribution is 0.559. The van der Waals surface area contributed by atoms with Gasteiger partial charge in [0.05, 0.1) is 10.2 Å². The van der Waals surface area contributed by atoms with Gasteiger partial charge < -0.3 is 0 Å². The van der Waals surface area contributed by atoms with Crippen molar-refractivity contribution in [2.75, 3.05) is 4.31 Å². The molecular formula is C15H13BrClFN2O2S. The molecule has 4 nitrogen and oxygen atoms in total. The molecule has 1 aliphatic rings. The van der Waals surface area contributed by atoms with Crippen LogP contribution < -0.4 is 4.31 Å². The van der Waals surface area contributed by atoms with Gasteiger partial charge in [-0.1, -0.05) is 11.6 Å². The zero-order valence-corrected chi connectivity index (χ0v) is 15.3. The van der Waals surface area contributed by atoms with E-state index in [0.717, 1.165) is 0 Å². The van der Waals surface area contributed by atoms with Crippen molar-refractivity contribution in [3.8, 4) is 0 Å². The fourth-order valence-corrected chi connectivity index (χ4v) is 5.01. The van der Waals surface area contributed by atoms with Crippen LogP contribution in [0.25, 0.3) is 0 Å². The summed E-state index contributed by atoms with van der Waals surface area (Å²) in [5, 5.41) is 0.193. The van der Waals surface area contributed by atoms with Crippen molar-refractivity contribution >= 4 is 43.2 Å². The third kappa shape index (κ3) is 2.97. The number of sulfonamides is 1. The van der Waals surface area contributed by atoms with E-state index in [0.29, 0.717) is 28.6 Å². The minimum atomic E-state index is -3.82. The van der Waals surface area contributed by atoms with Crippen molar-refractivity contribution in [1.29, 1.82) is 0 Å². The van der Waals surface area contributed by atoms with Gasteiger partial charge in [0, 0.05) is 12.2 Å². The third-order valence-corrected chi connectivity index (χ3v) is 6.87. The lowest BCUT2D eigenvalue weighted by Gasteiger charge is -2.36. The maximum absolute atomic E-state index is 13.4. The highest BCUT2D eigenvalue weighted by Gasteiger charge is 2.34. The summed E-state index contributed by atoms with van der Waals surface area (Å²) < 4.78 is 41.3. The minimum absolute atomic E-state index is 0.0396. The topological polar surface area (TPSA) is 50.3 Å². The lowest BCUT2D eigenvalue weighted by Crippen LogP contribution is -2.42. The van der Waals surface area contributed by atoms with Gasteiger partial charge in [-0.15, -0.1) is 0 Å². The van der Waals surface area contributed by atoms with E-state index < -0.39 is 10.0 Å². The summed E-state index contributed by atoms with van der Waals surface area (Å²) in [7, 11) is -3.82. The quantitative estimate of drug-likeness (QED) is 0.687. The first kappa shape index (κ1) is 16.7. The minimum Gasteiger partial charge on any atom is -0.263 e. The van der Waals surface area contributed by atoms with E-state index in [-0.39, 0.29) is 21.9 Å². The van der Waals surface area contributed by atoms with Crippen LogP contribution >= 0.6 is 27.5 Å². The van der Waals surface area contributed by atoms with Crippen molar-refractivity contribution < 1.29 is 12.8 Å². The van der Waals surface area contributed by atoms with Crippen molar-refractivity contribution in [3.63, 3.8) is 0 Å². The molecule has 1 aromatic heterocycles. The average Bonchev–Trinajstić information content (AvgIpc) is 2.49. The molecule has 2 heterocycles. The molecule has 0 N–H and O–H groups in total. The van der Waals surface area contributed by atoms with Crippen LogP contribution in [0.5, 0.6) is 0 Å². The van der Waals surface area contributed by atoms with Gasteiger partial charge in [-0.2, -0.15) is 0 Å². The Balaban J connectivity index is 2.14. The number of hydrogen-bond donors (Lipinski definition) is 0. The second-order valence-electron chi connectivity index (χ2n) is 5.41. The Hall–Kier alpha value is -1.18. The van der Waals surface area contributed by atoms with Crippen molar-refractivity contribution in [3.05, 3.63) is 51.5 Å². The highest BCUT2D eigenvalue weighted by Crippen LogP contribution is 2.36. The number of pyridine rings is 1. The smallest absolute Gasteiger partial charge is 0.263 e. The van der Waals surface area contributed by atoms with Gasteiger partial charge in [-0.3, -0.25) is 4.31 Å². The highest BCUT2D eigenvalue weighted by molar-refractivity contribution is 9.10. The lowest BCUT2D eigenvalue weighted by atomic mass is 9.99. The molecule has 8 heteroatoms. The summed E-state index contributed by atoms with van der Waals surface area (Å²) >= 11 is 9.03. The van der Waals surface area contributed by atoms with E-state index in [4.69, 9.17) is 11.6 Å². The molecule has 3 rings (SSSR count). The van der Waals surface area contributed by atoms with Gasteiger partial charge in [-0.25, -0.2) is 17.8 Å². The Kier molecular flexibility index (Phi) is 4.37. The number of aromatic nitrogens is 1. The summed E-state index contributed by atoms with van der Waals surface area (Å²) in [6.45, 7) is 1.84. The molecule has 1 aromatic carbocycles. The number of benzene rings is 1. The Morgan fingerprint density at radius 2 is 2.13 bits per heavy atom. The fourth-order valence-electron chi connectivity index (χ4n) is 2.71. The molecule has 0 radical (unpaired) electrons. The first-order valence-corrected chi connectivity index (χ1v) is 9.55. The largest absolute Gasteiger partial charge is 0.266 e. The summed E-state index contributed by atoms with van der Waals surface area (Å²) in [5.74, 6) is -0.369. The molecule has 0 amide bonds. The first-order chi connectivity index (χ1) is 10.8. The van der Waals surface area contributed by atoms with Crippen LogP contribution in [0.15, 0.2) is 39.8 Å². The number of aryl methyl sites for hydroxylation is 1. The molecule has 122 valence electrons. The van der Waals surface area contributed by atoms with Crippen LogP contribution in [-0.4, -0.2) is 19.4 Å². The zero-order chi connectivity index (χ0) is 16.8. The van der Waals surface area contributed by atoms with Crippen molar-refractivity contribution in [1.82, 2.24) is 4.98 Å². The maximum atomic E-state index is 13.4. The van der Waals surface area contributed by atoms with Crippen molar-refractivity contribution in [2.45, 2.75) is 30.7 Å². The zero-order valence-electron chi connectivity index (χ0n) is 12.1. The number of hydrogen-bond acceptors (Lipinski definition) is 3. The number of anilines is 1. The Morgan fingerprint density at radius 1 is 1.39 bits per heavy atom. The second-order valence-corrected chi connectivity index (χ2v) is 8.43. The van der Waals surface area contributed by atoms with E-state index in [1.807, 2.05) is 6.92 Å². The molecule has 0 saturated carbocycles. The normalized spacial score (nSPS) is 17.9. The molecular weight excluding hydrogens is 407 g/mol. The monoisotopic (exact) mass is 418 g/mol. The van der Waals surface area contributed by atoms with Crippen LogP contribution in [-0.2, 0) is 16.4 Å². The van der Waals surface area contributed by atoms with E-state index in [1.54, 1.807) is 0 Å². The molecule has 2 aromatic rings. The molecule has 0 saturated heterocycles. The molecule has 0 aliphatic carbocycles. The van der Waals surface area contributed by atoms with Gasteiger partial charge in [0.1, 0.15) is 15.9 Å². The van der Waals surface area contributed by atoms with Crippen LogP contribution in [0.4, 0.5) is 10.1 Å². The second kappa shape index (κ2) is 6.03. The van der Waals surface area contributed by atoms with Crippen molar-refractivity contribution in [2.24, 2.45) is 0 Å². The van der Waals surface area contributed by atoms with Crippen LogP contribution in [0, 0.1) is 5.82 Å². The summed E-state index contributed by atoms with van der Waals surface area (Å²) in [4.78, 5) is 3.93. The average molecular weight is 420 g/mol. The predicted molar refractivity (Wildman–Crippen MR) is 90.8 cm³/mol. The number of halogens is 3. The number of fused-ring (bicyclic) bond motifs is 1.